The van der Waals surface area contributed by atoms with Gasteiger partial charge in [0.1, 0.15) is 13.2 Å². The van der Waals surface area contributed by atoms with Gasteiger partial charge in [-0.25, -0.2) is 0 Å². The van der Waals surface area contributed by atoms with Gasteiger partial charge in [0.15, 0.2) is 6.10 Å². The zero-order valence-corrected chi connectivity index (χ0v) is 40.2. The lowest BCUT2D eigenvalue weighted by molar-refractivity contribution is -0.167. The van der Waals surface area contributed by atoms with Crippen LogP contribution in [0.5, 0.6) is 0 Å². The second-order valence-corrected chi connectivity index (χ2v) is 17.1. The number of carbonyl (C=O) groups excluding carboxylic acids is 3. The van der Waals surface area contributed by atoms with Gasteiger partial charge in [-0.15, -0.1) is 0 Å². The Morgan fingerprint density at radius 3 is 0.967 bits per heavy atom. The van der Waals surface area contributed by atoms with Crippen LogP contribution in [0.25, 0.3) is 0 Å². The monoisotopic (exact) mass is 853 g/mol. The highest BCUT2D eigenvalue weighted by Crippen LogP contribution is 2.13. The molecule has 0 aliphatic heterocycles. The maximum Gasteiger partial charge on any atom is 0.306 e. The van der Waals surface area contributed by atoms with Gasteiger partial charge in [0.2, 0.25) is 0 Å². The molecule has 0 unspecified atom stereocenters. The smallest absolute Gasteiger partial charge is 0.306 e. The second-order valence-electron chi connectivity index (χ2n) is 17.1. The Kier molecular flexibility index (Phi) is 47.4. The summed E-state index contributed by atoms with van der Waals surface area (Å²) in [5, 5.41) is 0. The van der Waals surface area contributed by atoms with E-state index in [-0.39, 0.29) is 31.1 Å². The van der Waals surface area contributed by atoms with Crippen LogP contribution in [0.2, 0.25) is 0 Å². The molecule has 0 radical (unpaired) electrons. The molecule has 0 N–H and O–H groups in total. The lowest BCUT2D eigenvalue weighted by Crippen LogP contribution is -2.30. The Labute approximate surface area is 377 Å². The molecule has 0 aliphatic carbocycles. The van der Waals surface area contributed by atoms with Crippen LogP contribution in [-0.4, -0.2) is 37.2 Å². The topological polar surface area (TPSA) is 78.9 Å². The fraction of sp³-hybridized carbons (Fsp3) is 0.764. The largest absolute Gasteiger partial charge is 0.462 e. The summed E-state index contributed by atoms with van der Waals surface area (Å²) in [5.74, 6) is -0.926. The molecule has 0 rings (SSSR count). The van der Waals surface area contributed by atoms with Crippen molar-refractivity contribution in [3.8, 4) is 0 Å². The van der Waals surface area contributed by atoms with Gasteiger partial charge in [0, 0.05) is 19.3 Å². The maximum absolute atomic E-state index is 12.8. The summed E-state index contributed by atoms with van der Waals surface area (Å²) in [4.78, 5) is 37.9. The first kappa shape index (κ1) is 58.1. The summed E-state index contributed by atoms with van der Waals surface area (Å²) in [5.41, 5.74) is 0. The first-order valence-electron chi connectivity index (χ1n) is 25.8. The molecule has 0 bridgehead atoms. The standard InChI is InChI=1S/C55H96O6/c1-4-7-10-13-16-19-22-25-26-27-28-31-34-37-40-43-46-49-55(58)61-52(50-59-53(56)47-44-41-38-35-32-29-23-20-17-14-11-8-5-2)51-60-54(57)48-45-42-39-36-33-30-24-21-18-15-12-9-6-3/h16,19-21,23-26,28,31,52H,4-15,17-18,22,27,29-30,32-51H2,1-3H3/b19-16-,23-20-,24-21-,26-25-,31-28-. The summed E-state index contributed by atoms with van der Waals surface area (Å²) in [6.07, 6.45) is 60.5. The van der Waals surface area contributed by atoms with E-state index in [1.165, 1.54) is 116 Å². The average molecular weight is 853 g/mol. The molecule has 6 heteroatoms. The van der Waals surface area contributed by atoms with Crippen molar-refractivity contribution in [3.63, 3.8) is 0 Å². The van der Waals surface area contributed by atoms with Crippen molar-refractivity contribution in [2.75, 3.05) is 13.2 Å². The summed E-state index contributed by atoms with van der Waals surface area (Å²) in [6, 6.07) is 0. The molecule has 6 nitrogen and oxygen atoms in total. The molecule has 0 saturated heterocycles. The van der Waals surface area contributed by atoms with E-state index in [2.05, 4.69) is 81.5 Å². The number of carbonyl (C=O) groups is 3. The third-order valence-electron chi connectivity index (χ3n) is 11.0. The van der Waals surface area contributed by atoms with E-state index in [1.807, 2.05) is 0 Å². The normalized spacial score (nSPS) is 12.1. The highest BCUT2D eigenvalue weighted by Gasteiger charge is 2.19. The fourth-order valence-electron chi connectivity index (χ4n) is 7.03. The molecule has 352 valence electrons. The first-order chi connectivity index (χ1) is 30.0. The molecule has 0 spiro atoms. The quantitative estimate of drug-likeness (QED) is 0.0263. The molecule has 0 atom stereocenters. The minimum Gasteiger partial charge on any atom is -0.462 e. The maximum atomic E-state index is 12.8. The van der Waals surface area contributed by atoms with Gasteiger partial charge in [-0.05, 0) is 109 Å². The third kappa shape index (κ3) is 48.0. The summed E-state index contributed by atoms with van der Waals surface area (Å²) in [6.45, 7) is 6.55. The van der Waals surface area contributed by atoms with Crippen LogP contribution in [0.3, 0.4) is 0 Å². The molecule has 0 aromatic carbocycles. The number of hydrogen-bond donors (Lipinski definition) is 0. The zero-order valence-electron chi connectivity index (χ0n) is 40.2. The number of unbranched alkanes of at least 4 members (excludes halogenated alkanes) is 25. The van der Waals surface area contributed by atoms with Gasteiger partial charge in [-0.1, -0.05) is 184 Å². The van der Waals surface area contributed by atoms with E-state index in [9.17, 15) is 14.4 Å². The SMILES string of the molecule is CCCCC/C=C\C/C=C\C/C=C\CCCCCCC(=O)OC(COC(=O)CCCCCCC/C=C\CCCCCC)COC(=O)CCCCCCC/C=C\CCCCCC. The van der Waals surface area contributed by atoms with Crippen LogP contribution in [0.4, 0.5) is 0 Å². The van der Waals surface area contributed by atoms with E-state index in [0.717, 1.165) is 96.3 Å². The second kappa shape index (κ2) is 49.8. The van der Waals surface area contributed by atoms with Crippen molar-refractivity contribution in [2.45, 2.75) is 258 Å². The fourth-order valence-corrected chi connectivity index (χ4v) is 7.03. The first-order valence-corrected chi connectivity index (χ1v) is 25.8. The Morgan fingerprint density at radius 1 is 0.328 bits per heavy atom. The van der Waals surface area contributed by atoms with E-state index in [0.29, 0.717) is 19.3 Å². The Bertz CT molecular complexity index is 1070. The molecule has 0 aromatic heterocycles. The van der Waals surface area contributed by atoms with Crippen LogP contribution in [0.1, 0.15) is 252 Å². The van der Waals surface area contributed by atoms with Gasteiger partial charge >= 0.3 is 17.9 Å². The molecular formula is C55H96O6. The lowest BCUT2D eigenvalue weighted by atomic mass is 10.1. The summed E-state index contributed by atoms with van der Waals surface area (Å²) in [7, 11) is 0. The lowest BCUT2D eigenvalue weighted by Gasteiger charge is -2.18. The van der Waals surface area contributed by atoms with Crippen molar-refractivity contribution >= 4 is 17.9 Å². The van der Waals surface area contributed by atoms with Crippen LogP contribution < -0.4 is 0 Å². The summed E-state index contributed by atoms with van der Waals surface area (Å²) >= 11 is 0. The van der Waals surface area contributed by atoms with E-state index in [1.54, 1.807) is 0 Å². The molecule has 61 heavy (non-hydrogen) atoms. The highest BCUT2D eigenvalue weighted by atomic mass is 16.6. The predicted molar refractivity (Wildman–Crippen MR) is 261 cm³/mol. The van der Waals surface area contributed by atoms with Crippen molar-refractivity contribution in [3.05, 3.63) is 60.8 Å². The Hall–Kier alpha value is -2.89. The average Bonchev–Trinajstić information content (AvgIpc) is 3.26. The molecule has 0 aliphatic rings. The molecule has 0 heterocycles. The summed E-state index contributed by atoms with van der Waals surface area (Å²) < 4.78 is 16.8. The van der Waals surface area contributed by atoms with Crippen molar-refractivity contribution in [2.24, 2.45) is 0 Å². The molecule has 0 saturated carbocycles. The Morgan fingerprint density at radius 2 is 0.590 bits per heavy atom. The number of hydrogen-bond acceptors (Lipinski definition) is 6. The highest BCUT2D eigenvalue weighted by molar-refractivity contribution is 5.71. The van der Waals surface area contributed by atoms with E-state index < -0.39 is 6.10 Å². The number of allylic oxidation sites excluding steroid dienone is 10. The predicted octanol–water partition coefficient (Wildman–Crippen LogP) is 16.9. The van der Waals surface area contributed by atoms with Crippen molar-refractivity contribution in [1.82, 2.24) is 0 Å². The van der Waals surface area contributed by atoms with Crippen molar-refractivity contribution in [1.29, 1.82) is 0 Å². The van der Waals surface area contributed by atoms with Gasteiger partial charge in [-0.3, -0.25) is 14.4 Å². The molecule has 0 aromatic rings. The van der Waals surface area contributed by atoms with Crippen LogP contribution in [0, 0.1) is 0 Å². The molecule has 0 amide bonds. The molecular weight excluding hydrogens is 757 g/mol. The number of esters is 3. The van der Waals surface area contributed by atoms with Gasteiger partial charge in [0.25, 0.3) is 0 Å². The van der Waals surface area contributed by atoms with Gasteiger partial charge in [0.05, 0.1) is 0 Å². The number of rotatable bonds is 46. The number of ether oxygens (including phenoxy) is 3. The van der Waals surface area contributed by atoms with Gasteiger partial charge in [-0.2, -0.15) is 0 Å². The minimum atomic E-state index is -0.791. The zero-order chi connectivity index (χ0) is 44.4. The Balaban J connectivity index is 4.45. The van der Waals surface area contributed by atoms with E-state index >= 15 is 0 Å². The van der Waals surface area contributed by atoms with Crippen LogP contribution in [0.15, 0.2) is 60.8 Å². The van der Waals surface area contributed by atoms with Crippen LogP contribution in [-0.2, 0) is 28.6 Å². The molecule has 0 fully saturated rings. The minimum absolute atomic E-state index is 0.0902. The van der Waals surface area contributed by atoms with Crippen LogP contribution >= 0.6 is 0 Å². The third-order valence-corrected chi connectivity index (χ3v) is 11.0. The van der Waals surface area contributed by atoms with E-state index in [4.69, 9.17) is 14.2 Å². The van der Waals surface area contributed by atoms with Crippen molar-refractivity contribution < 1.29 is 28.6 Å². The van der Waals surface area contributed by atoms with Gasteiger partial charge < -0.3 is 14.2 Å².